The molecule has 128 valence electrons. The zero-order valence-electron chi connectivity index (χ0n) is 11.5. The molecule has 1 aromatic carbocycles. The number of carbonyl (C=O) groups is 2. The molecule has 1 heterocycles. The highest BCUT2D eigenvalue weighted by Gasteiger charge is 2.31. The van der Waals surface area contributed by atoms with Crippen LogP contribution in [0.5, 0.6) is 5.75 Å². The zero-order chi connectivity index (χ0) is 17.7. The summed E-state index contributed by atoms with van der Waals surface area (Å²) < 4.78 is 40.6. The Kier molecular flexibility index (Phi) is 5.62. The van der Waals surface area contributed by atoms with Gasteiger partial charge in [0.2, 0.25) is 5.13 Å². The minimum atomic E-state index is -4.86. The van der Waals surface area contributed by atoms with Crippen LogP contribution in [0.25, 0.3) is 0 Å². The second kappa shape index (κ2) is 7.49. The average molecular weight is 379 g/mol. The predicted octanol–water partition coefficient (Wildman–Crippen LogP) is 2.87. The number of ether oxygens (including phenoxy) is 1. The molecule has 0 radical (unpaired) electrons. The van der Waals surface area contributed by atoms with Crippen molar-refractivity contribution in [1.29, 1.82) is 0 Å². The third kappa shape index (κ3) is 5.70. The monoisotopic (exact) mass is 379 g/mol. The van der Waals surface area contributed by atoms with Crippen molar-refractivity contribution in [2.24, 2.45) is 0 Å². The lowest BCUT2D eigenvalue weighted by Gasteiger charge is -2.09. The molecule has 0 unspecified atom stereocenters. The molecule has 0 spiro atoms. The molecule has 0 aliphatic rings. The Balaban J connectivity index is 2.02. The lowest BCUT2D eigenvalue weighted by Crippen LogP contribution is -2.18. The van der Waals surface area contributed by atoms with Gasteiger partial charge in [0.05, 0.1) is 5.75 Å². The maximum Gasteiger partial charge on any atom is 0.573 e. The molecule has 24 heavy (non-hydrogen) atoms. The molecule has 1 aromatic heterocycles. The van der Waals surface area contributed by atoms with Gasteiger partial charge in [0, 0.05) is 5.56 Å². The summed E-state index contributed by atoms with van der Waals surface area (Å²) in [6, 6.07) is 4.55. The number of carboxylic acid groups (broad SMARTS) is 1. The van der Waals surface area contributed by atoms with Gasteiger partial charge in [0.25, 0.3) is 5.91 Å². The first-order valence-corrected chi connectivity index (χ1v) is 7.88. The van der Waals surface area contributed by atoms with Crippen molar-refractivity contribution in [3.05, 3.63) is 29.8 Å². The summed E-state index contributed by atoms with van der Waals surface area (Å²) in [4.78, 5) is 22.4. The fraction of sp³-hybridized carbons (Fsp3) is 0.167. The summed E-state index contributed by atoms with van der Waals surface area (Å²) in [5.74, 6) is -2.46. The van der Waals surface area contributed by atoms with Gasteiger partial charge in [-0.15, -0.1) is 23.4 Å². The highest BCUT2D eigenvalue weighted by Crippen LogP contribution is 2.26. The fourth-order valence-electron chi connectivity index (χ4n) is 1.45. The molecule has 0 aliphatic carbocycles. The summed E-state index contributed by atoms with van der Waals surface area (Å²) in [5.41, 5.74) is -0.0633. The van der Waals surface area contributed by atoms with E-state index in [-0.39, 0.29) is 16.4 Å². The lowest BCUT2D eigenvalue weighted by atomic mass is 10.2. The predicted molar refractivity (Wildman–Crippen MR) is 79.3 cm³/mol. The van der Waals surface area contributed by atoms with E-state index in [9.17, 15) is 22.8 Å². The van der Waals surface area contributed by atoms with Crippen LogP contribution >= 0.6 is 23.1 Å². The van der Waals surface area contributed by atoms with Gasteiger partial charge in [-0.1, -0.05) is 29.2 Å². The van der Waals surface area contributed by atoms with Crippen LogP contribution < -0.4 is 10.1 Å². The Morgan fingerprint density at radius 3 is 2.75 bits per heavy atom. The molecular formula is C12H8F3N3O4S2. The molecule has 0 fully saturated rings. The van der Waals surface area contributed by atoms with E-state index in [1.807, 2.05) is 0 Å². The highest BCUT2D eigenvalue weighted by atomic mass is 32.2. The molecule has 2 rings (SSSR count). The van der Waals surface area contributed by atoms with Gasteiger partial charge >= 0.3 is 12.3 Å². The molecule has 12 heteroatoms. The topological polar surface area (TPSA) is 101 Å². The van der Waals surface area contributed by atoms with E-state index in [4.69, 9.17) is 5.11 Å². The van der Waals surface area contributed by atoms with E-state index >= 15 is 0 Å². The highest BCUT2D eigenvalue weighted by molar-refractivity contribution is 8.01. The largest absolute Gasteiger partial charge is 0.573 e. The van der Waals surface area contributed by atoms with Crippen LogP contribution in [0.15, 0.2) is 28.6 Å². The minimum absolute atomic E-state index is 0.0633. The third-order valence-electron chi connectivity index (χ3n) is 2.28. The van der Waals surface area contributed by atoms with Crippen molar-refractivity contribution in [2.45, 2.75) is 10.7 Å². The number of hydrogen-bond donors (Lipinski definition) is 2. The molecule has 7 nitrogen and oxygen atoms in total. The van der Waals surface area contributed by atoms with Crippen LogP contribution in [0.1, 0.15) is 10.4 Å². The Labute approximate surface area is 140 Å². The van der Waals surface area contributed by atoms with E-state index < -0.39 is 24.0 Å². The van der Waals surface area contributed by atoms with Crippen LogP contribution in [-0.2, 0) is 4.79 Å². The number of carboxylic acids is 1. The number of amides is 1. The first kappa shape index (κ1) is 18.0. The van der Waals surface area contributed by atoms with E-state index in [1.54, 1.807) is 0 Å². The SMILES string of the molecule is O=C(O)CSc1nnc(NC(=O)c2cccc(OC(F)(F)F)c2)s1. The van der Waals surface area contributed by atoms with Crippen molar-refractivity contribution in [2.75, 3.05) is 11.1 Å². The van der Waals surface area contributed by atoms with Crippen molar-refractivity contribution in [3.8, 4) is 5.75 Å². The molecule has 0 bridgehead atoms. The molecule has 0 atom stereocenters. The summed E-state index contributed by atoms with van der Waals surface area (Å²) in [6.07, 6.45) is -4.86. The van der Waals surface area contributed by atoms with Gasteiger partial charge in [-0.25, -0.2) is 0 Å². The summed E-state index contributed by atoms with van der Waals surface area (Å²) >= 11 is 1.88. The number of aromatic nitrogens is 2. The van der Waals surface area contributed by atoms with Crippen molar-refractivity contribution < 1.29 is 32.6 Å². The Morgan fingerprint density at radius 2 is 2.08 bits per heavy atom. The second-order valence-electron chi connectivity index (χ2n) is 4.09. The Bertz CT molecular complexity index is 751. The van der Waals surface area contributed by atoms with Gasteiger partial charge in [0.1, 0.15) is 5.75 Å². The number of benzene rings is 1. The van der Waals surface area contributed by atoms with E-state index in [2.05, 4.69) is 20.3 Å². The van der Waals surface area contributed by atoms with E-state index in [0.29, 0.717) is 4.34 Å². The lowest BCUT2D eigenvalue weighted by molar-refractivity contribution is -0.274. The first-order chi connectivity index (χ1) is 11.2. The number of thioether (sulfide) groups is 1. The molecule has 2 aromatic rings. The van der Waals surface area contributed by atoms with Gasteiger partial charge in [-0.2, -0.15) is 0 Å². The maximum atomic E-state index is 12.2. The van der Waals surface area contributed by atoms with Crippen molar-refractivity contribution in [3.63, 3.8) is 0 Å². The zero-order valence-corrected chi connectivity index (χ0v) is 13.2. The number of anilines is 1. The number of halogens is 3. The van der Waals surface area contributed by atoms with Crippen LogP contribution in [-0.4, -0.2) is 39.3 Å². The Morgan fingerprint density at radius 1 is 1.33 bits per heavy atom. The smallest absolute Gasteiger partial charge is 0.481 e. The molecule has 2 N–H and O–H groups in total. The number of carbonyl (C=O) groups excluding carboxylic acids is 1. The molecular weight excluding hydrogens is 371 g/mol. The number of nitrogens with zero attached hydrogens (tertiary/aromatic N) is 2. The first-order valence-electron chi connectivity index (χ1n) is 6.08. The number of rotatable bonds is 6. The standard InChI is InChI=1S/C12H8F3N3O4S2/c13-12(14,15)22-7-3-1-2-6(4-7)9(21)16-10-17-18-11(24-10)23-5-8(19)20/h1-4H,5H2,(H,19,20)(H,16,17,21). The molecule has 0 saturated carbocycles. The van der Waals surface area contributed by atoms with Crippen LogP contribution in [0.2, 0.25) is 0 Å². The number of alkyl halides is 3. The Hall–Kier alpha value is -2.34. The van der Waals surface area contributed by atoms with E-state index in [1.165, 1.54) is 12.1 Å². The van der Waals surface area contributed by atoms with Crippen LogP contribution in [0.3, 0.4) is 0 Å². The van der Waals surface area contributed by atoms with Crippen molar-refractivity contribution in [1.82, 2.24) is 10.2 Å². The van der Waals surface area contributed by atoms with Gasteiger partial charge in [-0.3, -0.25) is 14.9 Å². The summed E-state index contributed by atoms with van der Waals surface area (Å²) in [6.45, 7) is 0. The average Bonchev–Trinajstić information content (AvgIpc) is 2.91. The summed E-state index contributed by atoms with van der Waals surface area (Å²) in [5, 5.41) is 18.3. The normalized spacial score (nSPS) is 11.1. The summed E-state index contributed by atoms with van der Waals surface area (Å²) in [7, 11) is 0. The maximum absolute atomic E-state index is 12.2. The van der Waals surface area contributed by atoms with Gasteiger partial charge < -0.3 is 9.84 Å². The number of hydrogen-bond acceptors (Lipinski definition) is 7. The van der Waals surface area contributed by atoms with Crippen LogP contribution in [0, 0.1) is 0 Å². The molecule has 0 saturated heterocycles. The van der Waals surface area contributed by atoms with Crippen molar-refractivity contribution >= 4 is 40.1 Å². The fourth-order valence-corrected chi connectivity index (χ4v) is 2.91. The van der Waals surface area contributed by atoms with Gasteiger partial charge in [0.15, 0.2) is 4.34 Å². The minimum Gasteiger partial charge on any atom is -0.481 e. The second-order valence-corrected chi connectivity index (χ2v) is 6.29. The number of aliphatic carboxylic acids is 1. The molecule has 1 amide bonds. The third-order valence-corrected chi connectivity index (χ3v) is 4.23. The quantitative estimate of drug-likeness (QED) is 0.588. The molecule has 0 aliphatic heterocycles. The van der Waals surface area contributed by atoms with E-state index in [0.717, 1.165) is 35.2 Å². The van der Waals surface area contributed by atoms with Crippen LogP contribution in [0.4, 0.5) is 18.3 Å². The van der Waals surface area contributed by atoms with Gasteiger partial charge in [-0.05, 0) is 18.2 Å². The number of nitrogens with one attached hydrogen (secondary N) is 1.